The summed E-state index contributed by atoms with van der Waals surface area (Å²) in [4.78, 5) is 53.5. The molecule has 6 rings (SSSR count). The number of aryl methyl sites for hydroxylation is 1. The number of esters is 2. The maximum absolute atomic E-state index is 11.9. The summed E-state index contributed by atoms with van der Waals surface area (Å²) in [6.07, 6.45) is 2.16. The van der Waals surface area contributed by atoms with Crippen molar-refractivity contribution in [1.82, 2.24) is 9.97 Å². The minimum absolute atomic E-state index is 0.124. The number of aromatic nitrogens is 2. The predicted octanol–water partition coefficient (Wildman–Crippen LogP) is 6.06. The third-order valence-electron chi connectivity index (χ3n) is 7.60. The summed E-state index contributed by atoms with van der Waals surface area (Å²) in [7, 11) is 0. The summed E-state index contributed by atoms with van der Waals surface area (Å²) in [5.74, 6) is -1.63. The van der Waals surface area contributed by atoms with E-state index in [1.54, 1.807) is 31.2 Å². The number of hydrogen-bond acceptors (Lipinski definition) is 6. The topological polar surface area (TPSA) is 170 Å². The number of aromatic amines is 2. The Morgan fingerprint density at radius 1 is 0.818 bits per heavy atom. The summed E-state index contributed by atoms with van der Waals surface area (Å²) >= 11 is 6.81. The van der Waals surface area contributed by atoms with Crippen LogP contribution in [0.4, 0.5) is 0 Å². The van der Waals surface area contributed by atoms with Crippen LogP contribution in [0.5, 0.6) is 0 Å². The first-order chi connectivity index (χ1) is 21.0. The summed E-state index contributed by atoms with van der Waals surface area (Å²) in [6, 6.07) is 12.5. The van der Waals surface area contributed by atoms with Crippen molar-refractivity contribution < 1.29 is 28.7 Å². The SMILES string of the molecule is CCOC(=O)C1CCc2c([nH]c3c(C(N)=O)cc(Br)cc23)C1.CCOC(=O)c1ccc2c(c1)[nH]c1c(C(N)=O)cc(Br)cc12. The Kier molecular flexibility index (Phi) is 9.12. The molecule has 0 radical (unpaired) electrons. The molecule has 44 heavy (non-hydrogen) atoms. The van der Waals surface area contributed by atoms with Gasteiger partial charge in [0.05, 0.1) is 46.9 Å². The molecule has 1 unspecified atom stereocenters. The second-order valence-electron chi connectivity index (χ2n) is 10.4. The molecular weight excluding hydrogens is 696 g/mol. The molecule has 2 amide bonds. The van der Waals surface area contributed by atoms with Gasteiger partial charge in [-0.3, -0.25) is 14.4 Å². The van der Waals surface area contributed by atoms with Crippen molar-refractivity contribution in [3.8, 4) is 0 Å². The monoisotopic (exact) mass is 724 g/mol. The molecule has 228 valence electrons. The number of rotatable bonds is 6. The average Bonchev–Trinajstić information content (AvgIpc) is 3.54. The molecular formula is C32H30Br2N4O6. The number of carbonyl (C=O) groups excluding carboxylic acids is 4. The van der Waals surface area contributed by atoms with Gasteiger partial charge in [0.25, 0.3) is 11.8 Å². The van der Waals surface area contributed by atoms with Crippen molar-refractivity contribution in [3.63, 3.8) is 0 Å². The number of fused-ring (bicyclic) bond motifs is 6. The van der Waals surface area contributed by atoms with Crippen LogP contribution in [0.15, 0.2) is 51.4 Å². The van der Waals surface area contributed by atoms with Crippen molar-refractivity contribution in [2.24, 2.45) is 17.4 Å². The molecule has 12 heteroatoms. The van der Waals surface area contributed by atoms with E-state index < -0.39 is 11.8 Å². The molecule has 2 aromatic heterocycles. The largest absolute Gasteiger partial charge is 0.466 e. The number of amides is 2. The Morgan fingerprint density at radius 2 is 1.43 bits per heavy atom. The first kappa shape index (κ1) is 31.3. The fraction of sp³-hybridized carbons (Fsp3) is 0.250. The van der Waals surface area contributed by atoms with Crippen molar-refractivity contribution in [2.45, 2.75) is 33.1 Å². The van der Waals surface area contributed by atoms with E-state index in [4.69, 9.17) is 20.9 Å². The van der Waals surface area contributed by atoms with Gasteiger partial charge in [-0.15, -0.1) is 0 Å². The van der Waals surface area contributed by atoms with Crippen LogP contribution in [0.1, 0.15) is 62.6 Å². The zero-order chi connectivity index (χ0) is 31.7. The Morgan fingerprint density at radius 3 is 2.05 bits per heavy atom. The number of ether oxygens (including phenoxy) is 2. The second-order valence-corrected chi connectivity index (χ2v) is 12.2. The molecule has 10 nitrogen and oxygen atoms in total. The highest BCUT2D eigenvalue weighted by Gasteiger charge is 2.29. The maximum Gasteiger partial charge on any atom is 0.338 e. The van der Waals surface area contributed by atoms with E-state index in [0.717, 1.165) is 54.7 Å². The van der Waals surface area contributed by atoms with Crippen LogP contribution in [0.3, 0.4) is 0 Å². The lowest BCUT2D eigenvalue weighted by molar-refractivity contribution is -0.148. The highest BCUT2D eigenvalue weighted by molar-refractivity contribution is 9.10. The Hall–Kier alpha value is -4.16. The summed E-state index contributed by atoms with van der Waals surface area (Å²) in [5.41, 5.74) is 16.6. The smallest absolute Gasteiger partial charge is 0.338 e. The minimum Gasteiger partial charge on any atom is -0.466 e. The number of nitrogens with one attached hydrogen (secondary N) is 2. The van der Waals surface area contributed by atoms with Crippen LogP contribution in [0.2, 0.25) is 0 Å². The Balaban J connectivity index is 0.000000175. The van der Waals surface area contributed by atoms with Crippen LogP contribution in [0.25, 0.3) is 32.7 Å². The van der Waals surface area contributed by atoms with Crippen molar-refractivity contribution in [3.05, 3.63) is 79.4 Å². The summed E-state index contributed by atoms with van der Waals surface area (Å²) in [5, 5.41) is 2.78. The molecule has 2 heterocycles. The van der Waals surface area contributed by atoms with E-state index in [1.807, 2.05) is 25.1 Å². The van der Waals surface area contributed by atoms with Gasteiger partial charge >= 0.3 is 11.9 Å². The fourth-order valence-corrected chi connectivity index (χ4v) is 6.57. The normalized spacial score (nSPS) is 14.1. The molecule has 5 aromatic rings. The summed E-state index contributed by atoms with van der Waals surface area (Å²) in [6.45, 7) is 4.29. The van der Waals surface area contributed by atoms with E-state index in [0.29, 0.717) is 41.8 Å². The third kappa shape index (κ3) is 6.09. The Bertz CT molecular complexity index is 1960. The predicted molar refractivity (Wildman–Crippen MR) is 175 cm³/mol. The fourth-order valence-electron chi connectivity index (χ4n) is 5.66. The first-order valence-corrected chi connectivity index (χ1v) is 15.6. The molecule has 6 N–H and O–H groups in total. The van der Waals surface area contributed by atoms with E-state index >= 15 is 0 Å². The molecule has 0 spiro atoms. The number of halogens is 2. The minimum atomic E-state index is -0.511. The zero-order valence-corrected chi connectivity index (χ0v) is 27.2. The third-order valence-corrected chi connectivity index (χ3v) is 8.51. The van der Waals surface area contributed by atoms with Gasteiger partial charge in [-0.1, -0.05) is 37.9 Å². The highest BCUT2D eigenvalue weighted by Crippen LogP contribution is 2.35. The number of benzene rings is 3. The lowest BCUT2D eigenvalue weighted by Gasteiger charge is -2.20. The molecule has 0 saturated carbocycles. The molecule has 3 aromatic carbocycles. The molecule has 0 bridgehead atoms. The van der Waals surface area contributed by atoms with Crippen LogP contribution < -0.4 is 11.5 Å². The Labute approximate surface area is 269 Å². The van der Waals surface area contributed by atoms with Crippen LogP contribution in [-0.4, -0.2) is 46.9 Å². The number of carbonyl (C=O) groups is 4. The standard InChI is InChI=1S/C16H17BrN2O3.C16H13BrN2O3/c2*1-2-22-16(21)8-3-4-10-11-6-9(17)7-12(15(18)20)14(11)19-13(10)5-8/h6-8,19H,2-5H2,1H3,(H2,18,20);3-7,19H,2H2,1H3,(H2,18,20). The number of nitrogens with two attached hydrogens (primary N) is 2. The van der Waals surface area contributed by atoms with Gasteiger partial charge < -0.3 is 30.9 Å². The molecule has 1 aliphatic carbocycles. The number of H-pyrrole nitrogens is 2. The zero-order valence-electron chi connectivity index (χ0n) is 24.0. The van der Waals surface area contributed by atoms with Crippen molar-refractivity contribution in [2.75, 3.05) is 13.2 Å². The van der Waals surface area contributed by atoms with Crippen LogP contribution >= 0.6 is 31.9 Å². The van der Waals surface area contributed by atoms with E-state index in [-0.39, 0.29) is 17.9 Å². The average molecular weight is 726 g/mol. The van der Waals surface area contributed by atoms with Gasteiger partial charge in [-0.25, -0.2) is 4.79 Å². The lowest BCUT2D eigenvalue weighted by atomic mass is 9.87. The van der Waals surface area contributed by atoms with Gasteiger partial charge in [0.2, 0.25) is 0 Å². The second kappa shape index (κ2) is 12.8. The lowest BCUT2D eigenvalue weighted by Crippen LogP contribution is -2.24. The molecule has 1 atom stereocenters. The number of primary amides is 2. The maximum atomic E-state index is 11.9. The van der Waals surface area contributed by atoms with Crippen molar-refractivity contribution in [1.29, 1.82) is 0 Å². The van der Waals surface area contributed by atoms with Gasteiger partial charge in [0.1, 0.15) is 0 Å². The van der Waals surface area contributed by atoms with Gasteiger partial charge in [-0.2, -0.15) is 0 Å². The molecule has 0 fully saturated rings. The van der Waals surface area contributed by atoms with E-state index in [9.17, 15) is 19.2 Å². The summed E-state index contributed by atoms with van der Waals surface area (Å²) < 4.78 is 11.7. The quantitative estimate of drug-likeness (QED) is 0.155. The van der Waals surface area contributed by atoms with Gasteiger partial charge in [0, 0.05) is 42.7 Å². The first-order valence-electron chi connectivity index (χ1n) is 14.0. The number of hydrogen-bond donors (Lipinski definition) is 4. The van der Waals surface area contributed by atoms with Crippen LogP contribution in [0, 0.1) is 5.92 Å². The molecule has 0 saturated heterocycles. The van der Waals surface area contributed by atoms with E-state index in [2.05, 4.69) is 41.8 Å². The van der Waals surface area contributed by atoms with E-state index in [1.165, 1.54) is 5.56 Å². The highest BCUT2D eigenvalue weighted by atomic mass is 79.9. The molecule has 0 aliphatic heterocycles. The van der Waals surface area contributed by atoms with Crippen LogP contribution in [-0.2, 0) is 27.1 Å². The van der Waals surface area contributed by atoms with Gasteiger partial charge in [-0.05, 0) is 68.7 Å². The molecule has 1 aliphatic rings. The van der Waals surface area contributed by atoms with Gasteiger partial charge in [0.15, 0.2) is 0 Å². The van der Waals surface area contributed by atoms with Crippen molar-refractivity contribution >= 4 is 88.3 Å².